The number of thiazole rings is 1. The number of H-pyrrole nitrogens is 1. The Kier molecular flexibility index (Phi) is 5.59. The highest BCUT2D eigenvalue weighted by Gasteiger charge is 2.12. The lowest BCUT2D eigenvalue weighted by Gasteiger charge is -2.06. The van der Waals surface area contributed by atoms with Crippen LogP contribution in [0.4, 0.5) is 14.5 Å². The Balaban J connectivity index is 1.36. The smallest absolute Gasteiger partial charge is 0.231 e. The van der Waals surface area contributed by atoms with Gasteiger partial charge in [0.05, 0.1) is 23.1 Å². The van der Waals surface area contributed by atoms with E-state index in [0.717, 1.165) is 34.1 Å². The molecule has 1 amide bonds. The molecule has 0 saturated heterocycles. The van der Waals surface area contributed by atoms with Crippen molar-refractivity contribution < 1.29 is 13.6 Å². The molecule has 0 unspecified atom stereocenters. The van der Waals surface area contributed by atoms with Crippen molar-refractivity contribution in [3.05, 3.63) is 69.7 Å². The van der Waals surface area contributed by atoms with Crippen molar-refractivity contribution in [2.75, 3.05) is 5.32 Å². The number of fused-ring (bicyclic) bond motifs is 1. The Hall–Kier alpha value is -2.78. The molecule has 0 fully saturated rings. The number of aromatic nitrogens is 3. The number of imidazole rings is 1. The summed E-state index contributed by atoms with van der Waals surface area (Å²) in [5, 5.41) is 6.07. The molecule has 0 aliphatic rings. The average molecular weight is 431 g/mol. The summed E-state index contributed by atoms with van der Waals surface area (Å²) in [5.74, 6) is -1.42. The third-order valence-corrected chi connectivity index (χ3v) is 5.99. The van der Waals surface area contributed by atoms with Crippen LogP contribution in [0.3, 0.4) is 0 Å². The first kappa shape index (κ1) is 19.5. The highest BCUT2D eigenvalue weighted by Crippen LogP contribution is 2.25. The number of anilines is 1. The number of nitrogens with one attached hydrogen (secondary N) is 2. The van der Waals surface area contributed by atoms with Gasteiger partial charge < -0.3 is 10.3 Å². The molecule has 0 aliphatic carbocycles. The second kappa shape index (κ2) is 8.30. The van der Waals surface area contributed by atoms with Crippen LogP contribution >= 0.6 is 23.1 Å². The van der Waals surface area contributed by atoms with Crippen LogP contribution in [0.5, 0.6) is 0 Å². The first-order valence-corrected chi connectivity index (χ1v) is 10.6. The van der Waals surface area contributed by atoms with Gasteiger partial charge in [0.25, 0.3) is 0 Å². The zero-order valence-electron chi connectivity index (χ0n) is 15.3. The number of aryl methyl sites for hydroxylation is 1. The number of benzene rings is 2. The minimum Gasteiger partial charge on any atom is -0.333 e. The number of hydrogen-bond acceptors (Lipinski definition) is 5. The molecule has 2 aromatic carbocycles. The van der Waals surface area contributed by atoms with Crippen molar-refractivity contribution in [3.8, 4) is 0 Å². The van der Waals surface area contributed by atoms with E-state index in [1.807, 2.05) is 36.6 Å². The number of amides is 1. The van der Waals surface area contributed by atoms with Gasteiger partial charge >= 0.3 is 0 Å². The second-order valence-corrected chi connectivity index (χ2v) is 8.29. The lowest BCUT2D eigenvalue weighted by Crippen LogP contribution is -2.15. The van der Waals surface area contributed by atoms with Gasteiger partial charge in [0.2, 0.25) is 5.91 Å². The fourth-order valence-electron chi connectivity index (χ4n) is 2.73. The molecule has 0 aliphatic heterocycles. The number of rotatable bonds is 6. The van der Waals surface area contributed by atoms with Crippen LogP contribution in [0, 0.1) is 18.6 Å². The summed E-state index contributed by atoms with van der Waals surface area (Å²) in [7, 11) is 0. The molecule has 0 atom stereocenters. The Bertz CT molecular complexity index is 1150. The molecule has 2 N–H and O–H groups in total. The first-order chi connectivity index (χ1) is 14.0. The Morgan fingerprint density at radius 2 is 2.00 bits per heavy atom. The summed E-state index contributed by atoms with van der Waals surface area (Å²) in [6.45, 7) is 1.94. The molecule has 0 radical (unpaired) electrons. The van der Waals surface area contributed by atoms with Crippen molar-refractivity contribution in [1.82, 2.24) is 15.0 Å². The fraction of sp³-hybridized carbons (Fsp3) is 0.150. The first-order valence-electron chi connectivity index (χ1n) is 8.74. The third kappa shape index (κ3) is 4.63. The van der Waals surface area contributed by atoms with Crippen LogP contribution in [0.2, 0.25) is 0 Å². The van der Waals surface area contributed by atoms with Gasteiger partial charge in [0.15, 0.2) is 16.8 Å². The van der Waals surface area contributed by atoms with E-state index < -0.39 is 11.6 Å². The number of carbonyl (C=O) groups is 1. The van der Waals surface area contributed by atoms with E-state index >= 15 is 0 Å². The topological polar surface area (TPSA) is 70.7 Å². The van der Waals surface area contributed by atoms with Gasteiger partial charge in [-0.05, 0) is 18.6 Å². The molecule has 2 aromatic heterocycles. The maximum Gasteiger partial charge on any atom is 0.231 e. The van der Waals surface area contributed by atoms with Crippen LogP contribution in [0.15, 0.2) is 46.9 Å². The van der Waals surface area contributed by atoms with Crippen LogP contribution in [-0.4, -0.2) is 20.9 Å². The van der Waals surface area contributed by atoms with E-state index in [2.05, 4.69) is 20.3 Å². The highest BCUT2D eigenvalue weighted by atomic mass is 32.2. The van der Waals surface area contributed by atoms with Gasteiger partial charge in [-0.15, -0.1) is 11.3 Å². The number of thioether (sulfide) groups is 1. The molecule has 4 aromatic rings. The normalized spacial score (nSPS) is 11.1. The number of para-hydroxylation sites is 1. The summed E-state index contributed by atoms with van der Waals surface area (Å²) in [6.07, 6.45) is 0.201. The summed E-state index contributed by atoms with van der Waals surface area (Å²) in [5.41, 5.74) is 3.43. The zero-order chi connectivity index (χ0) is 20.4. The van der Waals surface area contributed by atoms with Crippen LogP contribution < -0.4 is 5.32 Å². The van der Waals surface area contributed by atoms with Gasteiger partial charge in [-0.2, -0.15) is 0 Å². The van der Waals surface area contributed by atoms with E-state index in [9.17, 15) is 13.6 Å². The molecule has 0 spiro atoms. The predicted molar refractivity (Wildman–Crippen MR) is 111 cm³/mol. The molecule has 0 saturated carbocycles. The predicted octanol–water partition coefficient (Wildman–Crippen LogP) is 5.08. The lowest BCUT2D eigenvalue weighted by atomic mass is 10.2. The van der Waals surface area contributed by atoms with Crippen LogP contribution in [-0.2, 0) is 17.0 Å². The van der Waals surface area contributed by atoms with E-state index in [1.54, 1.807) is 0 Å². The fourth-order valence-corrected chi connectivity index (χ4v) is 4.41. The quantitative estimate of drug-likeness (QED) is 0.419. The van der Waals surface area contributed by atoms with Crippen molar-refractivity contribution in [1.29, 1.82) is 0 Å². The Morgan fingerprint density at radius 3 is 2.83 bits per heavy atom. The molecule has 148 valence electrons. The molecule has 5 nitrogen and oxygen atoms in total. The number of aromatic amines is 1. The molecular weight excluding hydrogens is 414 g/mol. The Morgan fingerprint density at radius 1 is 1.21 bits per heavy atom. The van der Waals surface area contributed by atoms with Gasteiger partial charge in [-0.3, -0.25) is 4.79 Å². The molecule has 2 heterocycles. The summed E-state index contributed by atoms with van der Waals surface area (Å²) < 4.78 is 26.6. The van der Waals surface area contributed by atoms with E-state index in [-0.39, 0.29) is 12.3 Å². The minimum absolute atomic E-state index is 0.116. The monoisotopic (exact) mass is 430 g/mol. The highest BCUT2D eigenvalue weighted by molar-refractivity contribution is 7.98. The van der Waals surface area contributed by atoms with E-state index in [1.165, 1.54) is 23.1 Å². The second-order valence-electron chi connectivity index (χ2n) is 6.39. The van der Waals surface area contributed by atoms with E-state index in [4.69, 9.17) is 0 Å². The van der Waals surface area contributed by atoms with Crippen molar-refractivity contribution >= 4 is 45.7 Å². The number of halogens is 2. The van der Waals surface area contributed by atoms with Crippen molar-refractivity contribution in [3.63, 3.8) is 0 Å². The zero-order valence-corrected chi connectivity index (χ0v) is 17.0. The molecule has 4 rings (SSSR count). The minimum atomic E-state index is -0.923. The third-order valence-electron chi connectivity index (χ3n) is 4.19. The number of nitrogens with zero attached hydrogens (tertiary/aromatic N) is 2. The van der Waals surface area contributed by atoms with Gasteiger partial charge in [0.1, 0.15) is 5.01 Å². The number of hydrogen-bond donors (Lipinski definition) is 2. The maximum absolute atomic E-state index is 13.3. The molecule has 9 heteroatoms. The molecular formula is C20H16F2N4OS2. The van der Waals surface area contributed by atoms with Crippen molar-refractivity contribution in [2.24, 2.45) is 0 Å². The van der Waals surface area contributed by atoms with Gasteiger partial charge in [-0.25, -0.2) is 18.7 Å². The molecule has 29 heavy (non-hydrogen) atoms. The van der Waals surface area contributed by atoms with E-state index in [0.29, 0.717) is 21.9 Å². The van der Waals surface area contributed by atoms with Crippen LogP contribution in [0.1, 0.15) is 16.3 Å². The molecule has 0 bridgehead atoms. The van der Waals surface area contributed by atoms with Gasteiger partial charge in [0, 0.05) is 29.0 Å². The van der Waals surface area contributed by atoms with Crippen molar-refractivity contribution in [2.45, 2.75) is 24.3 Å². The lowest BCUT2D eigenvalue weighted by molar-refractivity contribution is -0.115. The summed E-state index contributed by atoms with van der Waals surface area (Å²) in [4.78, 5) is 24.0. The largest absolute Gasteiger partial charge is 0.333 e. The number of carbonyl (C=O) groups excluding carboxylic acids is 1. The SMILES string of the molecule is Cc1ccccc1NC(=O)Cc1nc(CSc2nc3cc(F)c(F)cc3[nH]2)cs1. The summed E-state index contributed by atoms with van der Waals surface area (Å²) >= 11 is 2.80. The standard InChI is InChI=1S/C20H16F2N4OS2/c1-11-4-2-3-5-15(11)24-18(27)8-19-23-12(9-28-19)10-29-20-25-16-6-13(21)14(22)7-17(16)26-20/h2-7,9H,8,10H2,1H3,(H,24,27)(H,25,26). The summed E-state index contributed by atoms with van der Waals surface area (Å²) in [6, 6.07) is 9.76. The van der Waals surface area contributed by atoms with Gasteiger partial charge in [-0.1, -0.05) is 30.0 Å². The maximum atomic E-state index is 13.3. The van der Waals surface area contributed by atoms with Crippen LogP contribution in [0.25, 0.3) is 11.0 Å². The Labute approximate surface area is 173 Å². The average Bonchev–Trinajstić information content (AvgIpc) is 3.28.